The van der Waals surface area contributed by atoms with Gasteiger partial charge in [-0.2, -0.15) is 0 Å². The third kappa shape index (κ3) is 6.10. The van der Waals surface area contributed by atoms with E-state index in [1.807, 2.05) is 18.2 Å². The van der Waals surface area contributed by atoms with Crippen molar-refractivity contribution in [1.29, 1.82) is 0 Å². The highest BCUT2D eigenvalue weighted by atomic mass is 35.5. The molecule has 0 unspecified atom stereocenters. The zero-order valence-electron chi connectivity index (χ0n) is 17.3. The number of hydrogen-bond donors (Lipinski definition) is 1. The first-order valence-electron chi connectivity index (χ1n) is 9.54. The minimum absolute atomic E-state index is 0.277. The van der Waals surface area contributed by atoms with Gasteiger partial charge in [0.2, 0.25) is 5.88 Å². The van der Waals surface area contributed by atoms with E-state index in [9.17, 15) is 4.79 Å². The molecule has 0 bridgehead atoms. The maximum Gasteiger partial charge on any atom is 0.255 e. The molecule has 162 valence electrons. The molecule has 0 aliphatic heterocycles. The molecule has 0 radical (unpaired) electrons. The van der Waals surface area contributed by atoms with E-state index in [1.165, 1.54) is 7.11 Å². The monoisotopic (exact) mass is 442 g/mol. The van der Waals surface area contributed by atoms with Crippen molar-refractivity contribution in [2.75, 3.05) is 32.8 Å². The summed E-state index contributed by atoms with van der Waals surface area (Å²) in [5.74, 6) is 0.923. The number of hydrogen-bond acceptors (Lipinski definition) is 6. The molecule has 8 heteroatoms. The van der Waals surface area contributed by atoms with Gasteiger partial charge in [0.25, 0.3) is 5.91 Å². The van der Waals surface area contributed by atoms with Crippen molar-refractivity contribution in [1.82, 2.24) is 4.98 Å². The van der Waals surface area contributed by atoms with Gasteiger partial charge in [0.15, 0.2) is 11.5 Å². The summed E-state index contributed by atoms with van der Waals surface area (Å²) < 4.78 is 21.8. The van der Waals surface area contributed by atoms with Crippen molar-refractivity contribution in [3.8, 4) is 17.4 Å². The second-order valence-corrected chi connectivity index (χ2v) is 6.80. The van der Waals surface area contributed by atoms with Crippen LogP contribution >= 0.6 is 11.6 Å². The molecular formula is C23H23ClN2O5. The molecule has 31 heavy (non-hydrogen) atoms. The molecule has 1 amide bonds. The smallest absolute Gasteiger partial charge is 0.255 e. The Morgan fingerprint density at radius 2 is 1.84 bits per heavy atom. The second kappa shape index (κ2) is 11.2. The number of carbonyl (C=O) groups excluding carboxylic acids is 1. The van der Waals surface area contributed by atoms with E-state index in [0.717, 1.165) is 5.56 Å². The zero-order valence-corrected chi connectivity index (χ0v) is 18.0. The molecule has 0 saturated heterocycles. The summed E-state index contributed by atoms with van der Waals surface area (Å²) >= 11 is 6.17. The highest BCUT2D eigenvalue weighted by Crippen LogP contribution is 2.30. The average molecular weight is 443 g/mol. The molecule has 7 nitrogen and oxygen atoms in total. The third-order valence-corrected chi connectivity index (χ3v) is 4.68. The van der Waals surface area contributed by atoms with Gasteiger partial charge < -0.3 is 24.3 Å². The topological polar surface area (TPSA) is 78.9 Å². The number of anilines is 1. The van der Waals surface area contributed by atoms with Gasteiger partial charge >= 0.3 is 0 Å². The van der Waals surface area contributed by atoms with Crippen LogP contribution in [0.15, 0.2) is 60.8 Å². The third-order valence-electron chi connectivity index (χ3n) is 4.31. The predicted octanol–water partition coefficient (Wildman–Crippen LogP) is 4.60. The first kappa shape index (κ1) is 22.4. The van der Waals surface area contributed by atoms with E-state index in [-0.39, 0.29) is 12.5 Å². The number of carbonyl (C=O) groups is 1. The molecule has 1 heterocycles. The summed E-state index contributed by atoms with van der Waals surface area (Å²) in [6.07, 6.45) is 1.59. The normalized spacial score (nSPS) is 10.4. The summed E-state index contributed by atoms with van der Waals surface area (Å²) in [5, 5.41) is 3.43. The lowest BCUT2D eigenvalue weighted by Crippen LogP contribution is -2.14. The van der Waals surface area contributed by atoms with Gasteiger partial charge in [-0.15, -0.1) is 0 Å². The Kier molecular flexibility index (Phi) is 8.09. The van der Waals surface area contributed by atoms with Crippen LogP contribution in [0.4, 0.5) is 5.69 Å². The number of ether oxygens (including phenoxy) is 4. The van der Waals surface area contributed by atoms with Crippen molar-refractivity contribution in [3.63, 3.8) is 0 Å². The van der Waals surface area contributed by atoms with Crippen LogP contribution in [-0.4, -0.2) is 38.3 Å². The summed E-state index contributed by atoms with van der Waals surface area (Å²) in [4.78, 5) is 16.9. The quantitative estimate of drug-likeness (QED) is 0.462. The minimum Gasteiger partial charge on any atom is -0.493 e. The molecular weight excluding hydrogens is 420 g/mol. The Labute approximate surface area is 185 Å². The van der Waals surface area contributed by atoms with Crippen molar-refractivity contribution in [3.05, 3.63) is 76.9 Å². The highest BCUT2D eigenvalue weighted by molar-refractivity contribution is 6.31. The number of benzene rings is 2. The lowest BCUT2D eigenvalue weighted by molar-refractivity contribution is 0.102. The van der Waals surface area contributed by atoms with Crippen LogP contribution in [0.1, 0.15) is 15.9 Å². The molecule has 0 saturated carbocycles. The number of rotatable bonds is 10. The zero-order chi connectivity index (χ0) is 22.1. The number of methoxy groups -OCH3 is 2. The molecule has 3 aromatic rings. The van der Waals surface area contributed by atoms with Gasteiger partial charge in [0.05, 0.1) is 13.7 Å². The van der Waals surface area contributed by atoms with Crippen LogP contribution in [0.3, 0.4) is 0 Å². The minimum atomic E-state index is -0.333. The molecule has 0 aliphatic carbocycles. The Morgan fingerprint density at radius 1 is 1.00 bits per heavy atom. The van der Waals surface area contributed by atoms with E-state index in [4.69, 9.17) is 30.5 Å². The van der Waals surface area contributed by atoms with E-state index < -0.39 is 0 Å². The fourth-order valence-electron chi connectivity index (χ4n) is 2.72. The fourth-order valence-corrected chi connectivity index (χ4v) is 2.91. The van der Waals surface area contributed by atoms with Gasteiger partial charge in [-0.1, -0.05) is 29.8 Å². The van der Waals surface area contributed by atoms with Crippen LogP contribution in [0.5, 0.6) is 17.4 Å². The fraction of sp³-hybridized carbons (Fsp3) is 0.217. The van der Waals surface area contributed by atoms with E-state index in [1.54, 1.807) is 49.7 Å². The van der Waals surface area contributed by atoms with Gasteiger partial charge in [0.1, 0.15) is 18.9 Å². The predicted molar refractivity (Wildman–Crippen MR) is 118 cm³/mol. The summed E-state index contributed by atoms with van der Waals surface area (Å²) in [6, 6.07) is 15.8. The van der Waals surface area contributed by atoms with Crippen molar-refractivity contribution in [2.24, 2.45) is 0 Å². The highest BCUT2D eigenvalue weighted by Gasteiger charge is 2.14. The van der Waals surface area contributed by atoms with Crippen molar-refractivity contribution in [2.45, 2.75) is 6.61 Å². The van der Waals surface area contributed by atoms with E-state index in [0.29, 0.717) is 46.9 Å². The van der Waals surface area contributed by atoms with Crippen LogP contribution < -0.4 is 19.5 Å². The largest absolute Gasteiger partial charge is 0.493 e. The van der Waals surface area contributed by atoms with Gasteiger partial charge in [-0.25, -0.2) is 4.98 Å². The Bertz CT molecular complexity index is 1030. The molecule has 0 atom stereocenters. The maximum absolute atomic E-state index is 12.8. The van der Waals surface area contributed by atoms with E-state index in [2.05, 4.69) is 10.3 Å². The Hall–Kier alpha value is -3.29. The molecule has 3 rings (SSSR count). The number of halogens is 1. The van der Waals surface area contributed by atoms with Crippen LogP contribution in [0.25, 0.3) is 0 Å². The number of amides is 1. The number of pyridine rings is 1. The Morgan fingerprint density at radius 3 is 2.61 bits per heavy atom. The lowest BCUT2D eigenvalue weighted by atomic mass is 10.1. The summed E-state index contributed by atoms with van der Waals surface area (Å²) in [7, 11) is 3.10. The van der Waals surface area contributed by atoms with Gasteiger partial charge in [0, 0.05) is 29.5 Å². The summed E-state index contributed by atoms with van der Waals surface area (Å²) in [5.41, 5.74) is 1.71. The van der Waals surface area contributed by atoms with Gasteiger partial charge in [-0.3, -0.25) is 4.79 Å². The molecule has 2 aromatic carbocycles. The number of nitrogens with one attached hydrogen (secondary N) is 1. The first-order valence-corrected chi connectivity index (χ1v) is 9.92. The standard InChI is InChI=1S/C23H23ClN2O5/c1-28-12-13-30-23-19(8-5-11-25-23)26-22(27)16-9-10-20(21(14-16)29-2)31-15-17-6-3-4-7-18(17)24/h3-11,14H,12-13,15H2,1-2H3,(H,26,27). The molecule has 0 aliphatic rings. The van der Waals surface area contributed by atoms with Crippen LogP contribution in [0, 0.1) is 0 Å². The molecule has 0 spiro atoms. The van der Waals surface area contributed by atoms with E-state index >= 15 is 0 Å². The molecule has 1 aromatic heterocycles. The van der Waals surface area contributed by atoms with Crippen LogP contribution in [-0.2, 0) is 11.3 Å². The van der Waals surface area contributed by atoms with Crippen molar-refractivity contribution >= 4 is 23.2 Å². The maximum atomic E-state index is 12.8. The SMILES string of the molecule is COCCOc1ncccc1NC(=O)c1ccc(OCc2ccccc2Cl)c(OC)c1. The molecule has 0 fully saturated rings. The number of aromatic nitrogens is 1. The van der Waals surface area contributed by atoms with Crippen molar-refractivity contribution < 1.29 is 23.7 Å². The Balaban J connectivity index is 1.70. The second-order valence-electron chi connectivity index (χ2n) is 6.40. The van der Waals surface area contributed by atoms with Crippen LogP contribution in [0.2, 0.25) is 5.02 Å². The lowest BCUT2D eigenvalue weighted by Gasteiger charge is -2.14. The van der Waals surface area contributed by atoms with Gasteiger partial charge in [-0.05, 0) is 36.4 Å². The molecule has 1 N–H and O–H groups in total. The average Bonchev–Trinajstić information content (AvgIpc) is 2.79. The summed E-state index contributed by atoms with van der Waals surface area (Å²) in [6.45, 7) is 1.01. The first-order chi connectivity index (χ1) is 15.1. The number of nitrogens with zero attached hydrogens (tertiary/aromatic N) is 1.